The molecular weight excluding hydrogens is 260 g/mol. The fourth-order valence-electron chi connectivity index (χ4n) is 2.57. The lowest BCUT2D eigenvalue weighted by molar-refractivity contribution is -0.119. The van der Waals surface area contributed by atoms with E-state index in [1.54, 1.807) is 6.07 Å². The number of carbonyl (C=O) groups excluding carboxylic acids is 1. The maximum absolute atomic E-state index is 12.3. The minimum atomic E-state index is -0.102. The zero-order valence-electron chi connectivity index (χ0n) is 11.5. The van der Waals surface area contributed by atoms with E-state index < -0.39 is 0 Å². The van der Waals surface area contributed by atoms with Crippen molar-refractivity contribution in [2.24, 2.45) is 5.92 Å². The summed E-state index contributed by atoms with van der Waals surface area (Å²) in [5.74, 6) is 0.665. The van der Waals surface area contributed by atoms with Crippen molar-refractivity contribution in [3.05, 3.63) is 28.8 Å². The van der Waals surface area contributed by atoms with Crippen LogP contribution in [0.1, 0.15) is 31.7 Å². The summed E-state index contributed by atoms with van der Waals surface area (Å²) in [7, 11) is 0. The Labute approximate surface area is 119 Å². The molecule has 0 spiro atoms. The molecular formula is C15H21ClN2O. The Kier molecular flexibility index (Phi) is 4.83. The number of aryl methyl sites for hydroxylation is 1. The largest absolute Gasteiger partial charge is 0.323 e. The third-order valence-corrected chi connectivity index (χ3v) is 4.19. The second-order valence-electron chi connectivity index (χ2n) is 5.23. The van der Waals surface area contributed by atoms with E-state index in [0.717, 1.165) is 37.1 Å². The lowest BCUT2D eigenvalue weighted by Crippen LogP contribution is -2.46. The molecule has 1 heterocycles. The molecule has 0 aliphatic carbocycles. The van der Waals surface area contributed by atoms with E-state index in [-0.39, 0.29) is 11.9 Å². The van der Waals surface area contributed by atoms with E-state index in [1.807, 2.05) is 19.1 Å². The summed E-state index contributed by atoms with van der Waals surface area (Å²) in [5.41, 5.74) is 1.72. The Morgan fingerprint density at radius 1 is 1.53 bits per heavy atom. The number of hydrogen-bond acceptors (Lipinski definition) is 2. The van der Waals surface area contributed by atoms with Crippen LogP contribution in [-0.4, -0.2) is 18.5 Å². The normalized spacial score (nSPS) is 23.1. The Morgan fingerprint density at radius 2 is 2.32 bits per heavy atom. The number of hydrogen-bond donors (Lipinski definition) is 2. The summed E-state index contributed by atoms with van der Waals surface area (Å²) < 4.78 is 0. The van der Waals surface area contributed by atoms with Gasteiger partial charge in [-0.2, -0.15) is 0 Å². The zero-order valence-corrected chi connectivity index (χ0v) is 12.3. The Hall–Kier alpha value is -1.06. The monoisotopic (exact) mass is 280 g/mol. The SMILES string of the molecule is CCC1CCNC(C(=O)Nc2c(C)cccc2Cl)C1. The van der Waals surface area contributed by atoms with Crippen molar-refractivity contribution in [2.75, 3.05) is 11.9 Å². The molecule has 1 saturated heterocycles. The molecule has 0 saturated carbocycles. The predicted molar refractivity (Wildman–Crippen MR) is 79.6 cm³/mol. The van der Waals surface area contributed by atoms with Crippen molar-refractivity contribution in [3.8, 4) is 0 Å². The van der Waals surface area contributed by atoms with Gasteiger partial charge in [0.2, 0.25) is 5.91 Å². The third kappa shape index (κ3) is 3.48. The molecule has 2 N–H and O–H groups in total. The van der Waals surface area contributed by atoms with E-state index in [9.17, 15) is 4.79 Å². The van der Waals surface area contributed by atoms with Gasteiger partial charge < -0.3 is 10.6 Å². The molecule has 1 aliphatic rings. The number of benzene rings is 1. The summed E-state index contributed by atoms with van der Waals surface area (Å²) in [6, 6.07) is 5.53. The fourth-order valence-corrected chi connectivity index (χ4v) is 2.84. The first kappa shape index (κ1) is 14.4. The molecule has 2 unspecified atom stereocenters. The van der Waals surface area contributed by atoms with Crippen LogP contribution in [0.5, 0.6) is 0 Å². The van der Waals surface area contributed by atoms with Crippen LogP contribution in [0.15, 0.2) is 18.2 Å². The van der Waals surface area contributed by atoms with Crippen LogP contribution in [0.25, 0.3) is 0 Å². The highest BCUT2D eigenvalue weighted by atomic mass is 35.5. The summed E-state index contributed by atoms with van der Waals surface area (Å²) >= 11 is 6.13. The van der Waals surface area contributed by atoms with Crippen LogP contribution < -0.4 is 10.6 Å². The van der Waals surface area contributed by atoms with E-state index in [4.69, 9.17) is 11.6 Å². The number of rotatable bonds is 3. The second-order valence-corrected chi connectivity index (χ2v) is 5.63. The minimum Gasteiger partial charge on any atom is -0.323 e. The van der Waals surface area contributed by atoms with Crippen LogP contribution in [-0.2, 0) is 4.79 Å². The molecule has 1 fully saturated rings. The number of halogens is 1. The number of amides is 1. The molecule has 2 atom stereocenters. The quantitative estimate of drug-likeness (QED) is 0.891. The van der Waals surface area contributed by atoms with Crippen LogP contribution >= 0.6 is 11.6 Å². The summed E-state index contributed by atoms with van der Waals surface area (Å²) in [6.07, 6.45) is 3.20. The molecule has 1 aliphatic heterocycles. The summed E-state index contributed by atoms with van der Waals surface area (Å²) in [6.45, 7) is 5.05. The van der Waals surface area contributed by atoms with Crippen molar-refractivity contribution in [2.45, 2.75) is 39.2 Å². The van der Waals surface area contributed by atoms with Gasteiger partial charge in [-0.1, -0.05) is 37.1 Å². The highest BCUT2D eigenvalue weighted by Crippen LogP contribution is 2.26. The van der Waals surface area contributed by atoms with Crippen molar-refractivity contribution in [1.82, 2.24) is 5.32 Å². The maximum Gasteiger partial charge on any atom is 0.241 e. The number of anilines is 1. The number of para-hydroxylation sites is 1. The minimum absolute atomic E-state index is 0.0225. The lowest BCUT2D eigenvalue weighted by atomic mass is 9.90. The van der Waals surface area contributed by atoms with Gasteiger partial charge in [0.25, 0.3) is 0 Å². The van der Waals surface area contributed by atoms with Crippen molar-refractivity contribution in [1.29, 1.82) is 0 Å². The van der Waals surface area contributed by atoms with Gasteiger partial charge in [0.15, 0.2) is 0 Å². The predicted octanol–water partition coefficient (Wildman–Crippen LogP) is 3.37. The van der Waals surface area contributed by atoms with E-state index in [0.29, 0.717) is 10.9 Å². The molecule has 0 radical (unpaired) electrons. The highest BCUT2D eigenvalue weighted by molar-refractivity contribution is 6.34. The van der Waals surface area contributed by atoms with Crippen LogP contribution in [0.4, 0.5) is 5.69 Å². The average Bonchev–Trinajstić information content (AvgIpc) is 2.43. The van der Waals surface area contributed by atoms with Gasteiger partial charge in [-0.15, -0.1) is 0 Å². The van der Waals surface area contributed by atoms with E-state index >= 15 is 0 Å². The van der Waals surface area contributed by atoms with Crippen molar-refractivity contribution in [3.63, 3.8) is 0 Å². The van der Waals surface area contributed by atoms with E-state index in [1.165, 1.54) is 0 Å². The molecule has 19 heavy (non-hydrogen) atoms. The zero-order chi connectivity index (χ0) is 13.8. The molecule has 1 amide bonds. The third-order valence-electron chi connectivity index (χ3n) is 3.88. The molecule has 104 valence electrons. The second kappa shape index (κ2) is 6.40. The van der Waals surface area contributed by atoms with Gasteiger partial charge in [0.1, 0.15) is 0 Å². The number of carbonyl (C=O) groups is 1. The highest BCUT2D eigenvalue weighted by Gasteiger charge is 2.26. The maximum atomic E-state index is 12.3. The molecule has 3 nitrogen and oxygen atoms in total. The van der Waals surface area contributed by atoms with Crippen molar-refractivity contribution >= 4 is 23.2 Å². The average molecular weight is 281 g/mol. The Morgan fingerprint density at radius 3 is 3.00 bits per heavy atom. The number of piperidine rings is 1. The van der Waals surface area contributed by atoms with Crippen LogP contribution in [0.2, 0.25) is 5.02 Å². The first-order valence-electron chi connectivity index (χ1n) is 6.91. The smallest absolute Gasteiger partial charge is 0.241 e. The van der Waals surface area contributed by atoms with Gasteiger partial charge >= 0.3 is 0 Å². The first-order valence-corrected chi connectivity index (χ1v) is 7.29. The number of nitrogens with one attached hydrogen (secondary N) is 2. The van der Waals surface area contributed by atoms with Gasteiger partial charge in [-0.3, -0.25) is 4.79 Å². The topological polar surface area (TPSA) is 41.1 Å². The molecule has 1 aromatic rings. The van der Waals surface area contributed by atoms with Gasteiger partial charge in [0.05, 0.1) is 16.8 Å². The fraction of sp³-hybridized carbons (Fsp3) is 0.533. The van der Waals surface area contributed by atoms with Gasteiger partial charge in [-0.05, 0) is 43.9 Å². The lowest BCUT2D eigenvalue weighted by Gasteiger charge is -2.29. The summed E-state index contributed by atoms with van der Waals surface area (Å²) in [4.78, 5) is 12.3. The van der Waals surface area contributed by atoms with Gasteiger partial charge in [0, 0.05) is 0 Å². The van der Waals surface area contributed by atoms with Gasteiger partial charge in [-0.25, -0.2) is 0 Å². The molecule has 2 rings (SSSR count). The van der Waals surface area contributed by atoms with Crippen LogP contribution in [0.3, 0.4) is 0 Å². The molecule has 0 bridgehead atoms. The first-order chi connectivity index (χ1) is 9.11. The Balaban J connectivity index is 2.04. The summed E-state index contributed by atoms with van der Waals surface area (Å²) in [5, 5.41) is 6.84. The van der Waals surface area contributed by atoms with Crippen LogP contribution in [0, 0.1) is 12.8 Å². The van der Waals surface area contributed by atoms with Crippen molar-refractivity contribution < 1.29 is 4.79 Å². The molecule has 4 heteroatoms. The molecule has 1 aromatic carbocycles. The standard InChI is InChI=1S/C15H21ClN2O/c1-3-11-7-8-17-13(9-11)15(19)18-14-10(2)5-4-6-12(14)16/h4-6,11,13,17H,3,7-9H2,1-2H3,(H,18,19). The van der Waals surface area contributed by atoms with E-state index in [2.05, 4.69) is 17.6 Å². The molecule has 0 aromatic heterocycles. The Bertz CT molecular complexity index is 441.